The van der Waals surface area contributed by atoms with Gasteiger partial charge in [-0.05, 0) is 37.8 Å². The normalized spacial score (nSPS) is 17.8. The summed E-state index contributed by atoms with van der Waals surface area (Å²) in [6.45, 7) is 9.89. The molecule has 12 bridgehead atoms. The van der Waals surface area contributed by atoms with Crippen LogP contribution in [-0.4, -0.2) is 76.1 Å². The number of non-ortho nitro benzene ring substituents is 2. The highest BCUT2D eigenvalue weighted by Gasteiger charge is 2.44. The molecular formula is C56H52N10O10. The van der Waals surface area contributed by atoms with Crippen molar-refractivity contribution in [3.8, 4) is 68.5 Å². The number of rotatable bonds is 18. The molecule has 3 aromatic heterocycles. The average Bonchev–Trinajstić information content (AvgIpc) is 4.41. The Balaban J connectivity index is 1.22. The first-order valence-electron chi connectivity index (χ1n) is 26.2. The third kappa shape index (κ3) is 7.47. The van der Waals surface area contributed by atoms with Crippen molar-refractivity contribution in [3.05, 3.63) is 103 Å². The quantitative estimate of drug-likeness (QED) is 0.0351. The molecule has 6 aliphatic heterocycles. The minimum Gasteiger partial charge on any atom is -0.492 e. The maximum absolute atomic E-state index is 12.5. The van der Waals surface area contributed by atoms with E-state index in [1.54, 1.807) is 12.1 Å². The molecule has 7 aromatic rings. The summed E-state index contributed by atoms with van der Waals surface area (Å²) < 4.78 is 40.4. The van der Waals surface area contributed by atoms with Gasteiger partial charge in [0.25, 0.3) is 11.4 Å². The van der Waals surface area contributed by atoms with E-state index in [1.165, 1.54) is 24.3 Å². The van der Waals surface area contributed by atoms with E-state index < -0.39 is 34.3 Å². The lowest BCUT2D eigenvalue weighted by molar-refractivity contribution is -0.385. The predicted molar refractivity (Wildman–Crippen MR) is 282 cm³/mol. The Morgan fingerprint density at radius 3 is 1.01 bits per heavy atom. The number of benzene rings is 4. The highest BCUT2D eigenvalue weighted by molar-refractivity contribution is 6.15. The van der Waals surface area contributed by atoms with Crippen molar-refractivity contribution in [2.75, 3.05) is 26.4 Å². The fourth-order valence-corrected chi connectivity index (χ4v) is 11.0. The van der Waals surface area contributed by atoms with E-state index in [9.17, 15) is 20.2 Å². The number of aromatic nitrogens is 8. The number of nitro groups is 2. The Morgan fingerprint density at radius 2 is 0.737 bits per heavy atom. The van der Waals surface area contributed by atoms with Gasteiger partial charge in [0, 0.05) is 68.8 Å². The van der Waals surface area contributed by atoms with Crippen LogP contribution in [0.2, 0.25) is 0 Å². The number of nitro benzene ring substituents is 2. The first-order valence-corrected chi connectivity index (χ1v) is 26.2. The molecule has 4 atom stereocenters. The molecule has 2 N–H and O–H groups in total. The zero-order valence-corrected chi connectivity index (χ0v) is 42.2. The zero-order chi connectivity index (χ0) is 51.9. The van der Waals surface area contributed by atoms with Crippen molar-refractivity contribution >= 4 is 55.5 Å². The molecule has 6 aliphatic rings. The molecule has 0 saturated carbocycles. The Kier molecular flexibility index (Phi) is 11.7. The molecule has 20 heteroatoms. The van der Waals surface area contributed by atoms with E-state index in [0.717, 1.165) is 73.6 Å². The number of aromatic amines is 2. The number of hydrogen-bond donors (Lipinski definition) is 2. The van der Waals surface area contributed by atoms with E-state index in [0.29, 0.717) is 105 Å². The molecular weight excluding hydrogens is 973 g/mol. The van der Waals surface area contributed by atoms with Gasteiger partial charge in [-0.2, -0.15) is 0 Å². The number of fused-ring (bicyclic) bond motifs is 30. The number of ether oxygens (including phenoxy) is 6. The Hall–Kier alpha value is -8.36. The van der Waals surface area contributed by atoms with Crippen molar-refractivity contribution in [3.63, 3.8) is 0 Å². The maximum Gasteiger partial charge on any atom is 0.270 e. The van der Waals surface area contributed by atoms with E-state index in [-0.39, 0.29) is 46.0 Å². The predicted octanol–water partition coefficient (Wildman–Crippen LogP) is 12.8. The third-order valence-corrected chi connectivity index (χ3v) is 14.7. The molecule has 0 aliphatic carbocycles. The number of hydrogen-bond acceptors (Lipinski definition) is 16. The molecule has 386 valence electrons. The largest absolute Gasteiger partial charge is 0.492 e. The maximum atomic E-state index is 12.5. The Morgan fingerprint density at radius 1 is 0.447 bits per heavy atom. The topological polar surface area (TPSA) is 251 Å². The summed E-state index contributed by atoms with van der Waals surface area (Å²) in [6, 6.07) is 9.01. The third-order valence-electron chi connectivity index (χ3n) is 14.7. The van der Waals surface area contributed by atoms with Crippen LogP contribution < -0.4 is 18.9 Å². The Labute approximate surface area is 433 Å². The molecule has 4 unspecified atom stereocenters. The van der Waals surface area contributed by atoms with Crippen LogP contribution in [0.4, 0.5) is 11.4 Å². The van der Waals surface area contributed by atoms with Gasteiger partial charge in [0.15, 0.2) is 23.3 Å². The molecule has 0 saturated heterocycles. The van der Waals surface area contributed by atoms with Gasteiger partial charge in [-0.1, -0.05) is 77.7 Å². The summed E-state index contributed by atoms with van der Waals surface area (Å²) in [4.78, 5) is 62.7. The summed E-state index contributed by atoms with van der Waals surface area (Å²) >= 11 is 0. The lowest BCUT2D eigenvalue weighted by Gasteiger charge is -2.20. The highest BCUT2D eigenvalue weighted by atomic mass is 16.6. The summed E-state index contributed by atoms with van der Waals surface area (Å²) in [6.07, 6.45) is 12.9. The van der Waals surface area contributed by atoms with Crippen LogP contribution in [0.1, 0.15) is 126 Å². The zero-order valence-electron chi connectivity index (χ0n) is 42.2. The van der Waals surface area contributed by atoms with Crippen LogP contribution in [0.5, 0.6) is 23.0 Å². The van der Waals surface area contributed by atoms with Crippen molar-refractivity contribution in [2.45, 2.75) is 103 Å². The van der Waals surface area contributed by atoms with E-state index >= 15 is 0 Å². The van der Waals surface area contributed by atoms with Gasteiger partial charge < -0.3 is 38.4 Å². The molecule has 0 radical (unpaired) electrons. The first kappa shape index (κ1) is 47.4. The van der Waals surface area contributed by atoms with Gasteiger partial charge in [0.1, 0.15) is 70.0 Å². The first-order chi connectivity index (χ1) is 37.2. The van der Waals surface area contributed by atoms with Crippen molar-refractivity contribution in [1.82, 2.24) is 39.9 Å². The fraction of sp³-hybridized carbons (Fsp3) is 0.357. The minimum absolute atomic E-state index is 0.136. The summed E-state index contributed by atoms with van der Waals surface area (Å²) in [5.74, 6) is 2.81. The second-order valence-electron chi connectivity index (χ2n) is 19.6. The van der Waals surface area contributed by atoms with Crippen LogP contribution in [-0.2, 0) is 9.47 Å². The van der Waals surface area contributed by atoms with Crippen LogP contribution in [0.25, 0.3) is 89.7 Å². The minimum atomic E-state index is -0.452. The second-order valence-corrected chi connectivity index (χ2v) is 19.6. The number of H-pyrrole nitrogens is 2. The van der Waals surface area contributed by atoms with Crippen LogP contribution in [0.3, 0.4) is 0 Å². The molecule has 0 amide bonds. The lowest BCUT2D eigenvalue weighted by atomic mass is 9.91. The molecule has 9 heterocycles. The van der Waals surface area contributed by atoms with Gasteiger partial charge >= 0.3 is 0 Å². The molecule has 0 spiro atoms. The van der Waals surface area contributed by atoms with Gasteiger partial charge in [0.2, 0.25) is 0 Å². The molecule has 0 fully saturated rings. The van der Waals surface area contributed by atoms with Gasteiger partial charge in [-0.15, -0.1) is 0 Å². The van der Waals surface area contributed by atoms with Crippen LogP contribution in [0.15, 0.2) is 60.7 Å². The molecule has 76 heavy (non-hydrogen) atoms. The SMILES string of the molecule is CCCCOc1c2c(c(OCCCC)c3c4nc5nc(nc6[nH]c(nc7nc(nc([nH]4)c13)-c1ccc([N+](=O)[O-])cc1-7)c1c(OCCCC)c3c(c(OCCCC)c61)C1C=CC3O1)-c1ccc([N+](=O)[O-])cc1-5)C1C=CC2O1. The average molecular weight is 1030 g/mol. The van der Waals surface area contributed by atoms with E-state index in [2.05, 4.69) is 37.7 Å². The fourth-order valence-electron chi connectivity index (χ4n) is 11.0. The van der Waals surface area contributed by atoms with Crippen molar-refractivity contribution in [1.29, 1.82) is 0 Å². The molecule has 4 aromatic carbocycles. The smallest absolute Gasteiger partial charge is 0.270 e. The van der Waals surface area contributed by atoms with Crippen molar-refractivity contribution in [2.24, 2.45) is 0 Å². The lowest BCUT2D eigenvalue weighted by Crippen LogP contribution is -2.07. The summed E-state index contributed by atoms with van der Waals surface area (Å²) in [5.41, 5.74) is 5.80. The summed E-state index contributed by atoms with van der Waals surface area (Å²) in [5, 5.41) is 27.2. The van der Waals surface area contributed by atoms with E-state index in [1.807, 2.05) is 24.3 Å². The van der Waals surface area contributed by atoms with Crippen molar-refractivity contribution < 1.29 is 38.3 Å². The monoisotopic (exact) mass is 1020 g/mol. The molecule has 13 rings (SSSR count). The standard InChI is InChI=1S/C56H52N10O10/c1-5-9-21-71-45-37-33-17-19-35(75-33)39(37)47(73-23-11-7-3)43-41(45)53-59-49-29-15-13-27(65(67)68)25-31(29)52(57-49)62-56-44-42(46(72-22-10-6-2)38-34-18-20-36(76-34)40(38)48(44)74-24-12-8-4)54(64-56)60-50-30-16-14-28(66(69)70)26-32(30)51(58-50)61-55(43)63-53/h13-20,25-26,33-36H,5-12,21-24H2,1-4H3,(H2,57,58,59,60,61,62,63,64). The second kappa shape index (κ2) is 18.8. The number of nitrogens with zero attached hydrogens (tertiary/aromatic N) is 8. The number of nitrogens with one attached hydrogen (secondary N) is 2. The summed E-state index contributed by atoms with van der Waals surface area (Å²) in [7, 11) is 0. The van der Waals surface area contributed by atoms with Gasteiger partial charge in [-0.3, -0.25) is 20.2 Å². The van der Waals surface area contributed by atoms with Crippen LogP contribution in [0, 0.1) is 20.2 Å². The Bertz CT molecular complexity index is 3620. The van der Waals surface area contributed by atoms with Gasteiger partial charge in [0.05, 0.1) is 57.8 Å². The van der Waals surface area contributed by atoms with Crippen LogP contribution >= 0.6 is 0 Å². The highest BCUT2D eigenvalue weighted by Crippen LogP contribution is 2.60. The van der Waals surface area contributed by atoms with Gasteiger partial charge in [-0.25, -0.2) is 29.9 Å². The van der Waals surface area contributed by atoms with E-state index in [4.69, 9.17) is 58.3 Å². The number of unbranched alkanes of at least 4 members (excludes halogenated alkanes) is 4. The molecule has 20 nitrogen and oxygen atoms in total.